The number of hydrogen-bond donors (Lipinski definition) is 0. The van der Waals surface area contributed by atoms with E-state index in [4.69, 9.17) is 25.8 Å². The number of ether oxygens (including phenoxy) is 3. The van der Waals surface area contributed by atoms with Gasteiger partial charge in [0.25, 0.3) is 0 Å². The normalized spacial score (nSPS) is 22.2. The van der Waals surface area contributed by atoms with Crippen LogP contribution in [0.4, 0.5) is 15.0 Å². The van der Waals surface area contributed by atoms with Crippen molar-refractivity contribution in [2.45, 2.75) is 71.1 Å². The van der Waals surface area contributed by atoms with Crippen molar-refractivity contribution in [3.63, 3.8) is 0 Å². The summed E-state index contributed by atoms with van der Waals surface area (Å²) in [4.78, 5) is 40.9. The fourth-order valence-electron chi connectivity index (χ4n) is 4.97. The Morgan fingerprint density at radius 3 is 2.43 bits per heavy atom. The van der Waals surface area contributed by atoms with E-state index in [9.17, 15) is 9.59 Å². The Morgan fingerprint density at radius 1 is 1.16 bits per heavy atom. The lowest BCUT2D eigenvalue weighted by Gasteiger charge is -2.42. The summed E-state index contributed by atoms with van der Waals surface area (Å²) in [5, 5.41) is 0.131. The van der Waals surface area contributed by atoms with Crippen molar-refractivity contribution in [3.8, 4) is 6.01 Å². The second-order valence-electron chi connectivity index (χ2n) is 11.2. The first kappa shape index (κ1) is 25.7. The first-order chi connectivity index (χ1) is 17.4. The number of nitrogens with zero attached hydrogens (tertiary/aromatic N) is 5. The number of piperazine rings is 1. The minimum absolute atomic E-state index is 0.0136. The van der Waals surface area contributed by atoms with E-state index in [0.717, 1.165) is 25.7 Å². The molecule has 2 saturated heterocycles. The minimum Gasteiger partial charge on any atom is -0.465 e. The van der Waals surface area contributed by atoms with Crippen LogP contribution in [0.1, 0.15) is 53.4 Å². The van der Waals surface area contributed by atoms with Gasteiger partial charge >= 0.3 is 18.1 Å². The van der Waals surface area contributed by atoms with Crippen LogP contribution in [0.25, 0.3) is 10.9 Å². The van der Waals surface area contributed by atoms with Gasteiger partial charge in [-0.05, 0) is 46.5 Å². The number of pyridine rings is 1. The number of fused-ring (bicyclic) bond motifs is 3. The summed E-state index contributed by atoms with van der Waals surface area (Å²) in [6.45, 7) is 8.41. The van der Waals surface area contributed by atoms with Crippen LogP contribution in [-0.4, -0.2) is 75.9 Å². The van der Waals surface area contributed by atoms with Crippen molar-refractivity contribution in [3.05, 3.63) is 17.2 Å². The maximum atomic E-state index is 15.0. The Kier molecular flexibility index (Phi) is 6.54. The predicted molar refractivity (Wildman–Crippen MR) is 133 cm³/mol. The molecule has 1 amide bonds. The van der Waals surface area contributed by atoms with Gasteiger partial charge in [0.15, 0.2) is 11.0 Å². The quantitative estimate of drug-likeness (QED) is 0.398. The molecular weight excluding hydrogens is 505 g/mol. The van der Waals surface area contributed by atoms with E-state index in [1.165, 1.54) is 13.1 Å². The van der Waals surface area contributed by atoms with Crippen molar-refractivity contribution in [2.75, 3.05) is 31.2 Å². The summed E-state index contributed by atoms with van der Waals surface area (Å²) < 4.78 is 31.8. The van der Waals surface area contributed by atoms with Crippen LogP contribution in [0.5, 0.6) is 6.01 Å². The molecule has 200 valence electrons. The van der Waals surface area contributed by atoms with Crippen LogP contribution >= 0.6 is 11.6 Å². The second-order valence-corrected chi connectivity index (χ2v) is 11.6. The van der Waals surface area contributed by atoms with Crippen molar-refractivity contribution < 1.29 is 28.2 Å². The summed E-state index contributed by atoms with van der Waals surface area (Å²) in [7, 11) is 0. The van der Waals surface area contributed by atoms with E-state index in [-0.39, 0.29) is 59.5 Å². The van der Waals surface area contributed by atoms with Crippen molar-refractivity contribution >= 4 is 40.4 Å². The molecule has 2 aromatic heterocycles. The number of hydrogen-bond acceptors (Lipinski definition) is 9. The van der Waals surface area contributed by atoms with E-state index in [0.29, 0.717) is 24.3 Å². The molecule has 0 aromatic carbocycles. The number of anilines is 1. The molecule has 37 heavy (non-hydrogen) atoms. The Bertz CT molecular complexity index is 1220. The predicted octanol–water partition coefficient (Wildman–Crippen LogP) is 4.13. The molecule has 2 aliphatic heterocycles. The lowest BCUT2D eigenvalue weighted by atomic mass is 10.1. The molecule has 3 aliphatic rings. The van der Waals surface area contributed by atoms with Crippen molar-refractivity contribution in [1.82, 2.24) is 19.9 Å². The van der Waals surface area contributed by atoms with Crippen LogP contribution in [0.3, 0.4) is 0 Å². The molecule has 2 aromatic rings. The van der Waals surface area contributed by atoms with Crippen LogP contribution in [0.15, 0.2) is 6.20 Å². The summed E-state index contributed by atoms with van der Waals surface area (Å²) in [6.07, 6.45) is 4.51. The van der Waals surface area contributed by atoms with Crippen LogP contribution < -0.4 is 9.64 Å². The zero-order chi connectivity index (χ0) is 26.5. The molecule has 3 fully saturated rings. The topological polar surface area (TPSA) is 107 Å². The highest BCUT2D eigenvalue weighted by Gasteiger charge is 2.46. The molecule has 10 nitrogen and oxygen atoms in total. The zero-order valence-electron chi connectivity index (χ0n) is 21.4. The highest BCUT2D eigenvalue weighted by molar-refractivity contribution is 6.30. The fourth-order valence-corrected chi connectivity index (χ4v) is 5.11. The Labute approximate surface area is 219 Å². The lowest BCUT2D eigenvalue weighted by Crippen LogP contribution is -2.57. The first-order valence-corrected chi connectivity index (χ1v) is 12.9. The van der Waals surface area contributed by atoms with Crippen molar-refractivity contribution in [1.29, 1.82) is 0 Å². The summed E-state index contributed by atoms with van der Waals surface area (Å²) >= 11 is 5.96. The molecule has 0 N–H and O–H groups in total. The monoisotopic (exact) mass is 535 g/mol. The Balaban J connectivity index is 1.41. The van der Waals surface area contributed by atoms with Gasteiger partial charge in [0, 0.05) is 31.6 Å². The Hall–Kier alpha value is -2.95. The number of halogens is 2. The van der Waals surface area contributed by atoms with Gasteiger partial charge < -0.3 is 19.1 Å². The number of carbonyl (C=O) groups excluding carboxylic acids is 2. The molecule has 1 saturated carbocycles. The fraction of sp³-hybridized carbons (Fsp3) is 0.640. The molecule has 1 aliphatic carbocycles. The summed E-state index contributed by atoms with van der Waals surface area (Å²) in [6, 6.07) is -0.113. The van der Waals surface area contributed by atoms with Crippen LogP contribution in [0, 0.1) is 11.2 Å². The van der Waals surface area contributed by atoms with Gasteiger partial charge in [-0.1, -0.05) is 11.6 Å². The van der Waals surface area contributed by atoms with Crippen LogP contribution in [0.2, 0.25) is 5.15 Å². The molecule has 0 spiro atoms. The van der Waals surface area contributed by atoms with Gasteiger partial charge in [-0.25, -0.2) is 14.2 Å². The first-order valence-electron chi connectivity index (χ1n) is 12.5. The molecule has 4 heterocycles. The highest BCUT2D eigenvalue weighted by Crippen LogP contribution is 2.46. The number of rotatable bonds is 6. The van der Waals surface area contributed by atoms with Gasteiger partial charge in [-0.3, -0.25) is 9.69 Å². The standard InChI is InChI=1S/C25H31ClFN5O5/c1-14(33)35-12-25(7-8-25)13-36-22-29-19-17(9-28-20(26)18(19)27)21(30-22)31-10-15-5-6-16(11-31)32(15)23(34)37-24(2,3)4/h9,15-16H,5-8,10-13H2,1-4H3/t15-,16+. The van der Waals surface area contributed by atoms with Crippen molar-refractivity contribution in [2.24, 2.45) is 5.41 Å². The largest absolute Gasteiger partial charge is 0.465 e. The third kappa shape index (κ3) is 5.37. The number of carbonyl (C=O) groups is 2. The minimum atomic E-state index is -0.746. The molecule has 5 rings (SSSR count). The maximum absolute atomic E-state index is 15.0. The van der Waals surface area contributed by atoms with E-state index in [1.807, 2.05) is 30.6 Å². The Morgan fingerprint density at radius 2 is 1.84 bits per heavy atom. The smallest absolute Gasteiger partial charge is 0.410 e. The molecular formula is C25H31ClFN5O5. The van der Waals surface area contributed by atoms with Gasteiger partial charge in [0.2, 0.25) is 0 Å². The van der Waals surface area contributed by atoms with E-state index >= 15 is 4.39 Å². The van der Waals surface area contributed by atoms with Gasteiger partial charge in [-0.2, -0.15) is 9.97 Å². The SMILES string of the molecule is CC(=O)OCC1(COc2nc(N3C[C@H]4CC[C@@H](C3)N4C(=O)OC(C)(C)C)c3cnc(Cl)c(F)c3n2)CC1. The molecule has 2 atom stereocenters. The van der Waals surface area contributed by atoms with Gasteiger partial charge in [-0.15, -0.1) is 0 Å². The van der Waals surface area contributed by atoms with Gasteiger partial charge in [0.1, 0.15) is 30.1 Å². The lowest BCUT2D eigenvalue weighted by molar-refractivity contribution is -0.143. The number of aromatic nitrogens is 3. The number of amides is 1. The number of esters is 1. The highest BCUT2D eigenvalue weighted by atomic mass is 35.5. The summed E-state index contributed by atoms with van der Waals surface area (Å²) in [5.41, 5.74) is -0.845. The third-order valence-corrected chi connectivity index (χ3v) is 7.30. The average Bonchev–Trinajstić information content (AvgIpc) is 3.55. The van der Waals surface area contributed by atoms with E-state index in [2.05, 4.69) is 15.0 Å². The molecule has 12 heteroatoms. The van der Waals surface area contributed by atoms with Crippen LogP contribution in [-0.2, 0) is 14.3 Å². The molecule has 0 unspecified atom stereocenters. The van der Waals surface area contributed by atoms with E-state index in [1.54, 1.807) is 0 Å². The zero-order valence-corrected chi connectivity index (χ0v) is 22.2. The molecule has 0 radical (unpaired) electrons. The average molecular weight is 536 g/mol. The van der Waals surface area contributed by atoms with E-state index < -0.39 is 11.4 Å². The molecule has 2 bridgehead atoms. The van der Waals surface area contributed by atoms with Gasteiger partial charge in [0.05, 0.1) is 17.5 Å². The third-order valence-electron chi connectivity index (χ3n) is 7.03. The summed E-state index contributed by atoms with van der Waals surface area (Å²) in [5.74, 6) is -0.613. The second kappa shape index (κ2) is 9.41. The maximum Gasteiger partial charge on any atom is 0.410 e.